The van der Waals surface area contributed by atoms with Crippen LogP contribution in [0, 0.1) is 0 Å². The van der Waals surface area contributed by atoms with Gasteiger partial charge in [-0.3, -0.25) is 14.4 Å². The Kier molecular flexibility index (Phi) is 61.4. The summed E-state index contributed by atoms with van der Waals surface area (Å²) in [6, 6.07) is 0. The fourth-order valence-electron chi connectivity index (χ4n) is 8.66. The largest absolute Gasteiger partial charge is 0.462 e. The van der Waals surface area contributed by atoms with Gasteiger partial charge in [0.15, 0.2) is 6.10 Å². The summed E-state index contributed by atoms with van der Waals surface area (Å²) < 4.78 is 16.8. The SMILES string of the molecule is CC/C=C\C/C=C\C/C=C\C/C=C\C/C=C\C/C=C\CCCCC(=O)OC(COC(=O)CCC/C=C\C/C=C\C/C=C\C/C=C\C/C=C\CC)COC(=O)CCCCCCCCCCCCCCCCCCCCCCCC. The van der Waals surface area contributed by atoms with Crippen LogP contribution in [0.1, 0.15) is 284 Å². The number of carbonyl (C=O) groups excluding carboxylic acids is 3. The predicted molar refractivity (Wildman–Crippen MR) is 339 cm³/mol. The summed E-state index contributed by atoms with van der Waals surface area (Å²) in [6.45, 7) is 6.35. The van der Waals surface area contributed by atoms with Crippen molar-refractivity contribution in [3.63, 3.8) is 0 Å². The highest BCUT2D eigenvalue weighted by Gasteiger charge is 2.19. The topological polar surface area (TPSA) is 78.9 Å². The van der Waals surface area contributed by atoms with Crippen LogP contribution in [0.4, 0.5) is 0 Å². The second-order valence-electron chi connectivity index (χ2n) is 20.9. The van der Waals surface area contributed by atoms with Gasteiger partial charge in [-0.25, -0.2) is 0 Å². The number of hydrogen-bond donors (Lipinski definition) is 0. The second-order valence-corrected chi connectivity index (χ2v) is 20.9. The molecule has 0 saturated carbocycles. The van der Waals surface area contributed by atoms with Crippen molar-refractivity contribution < 1.29 is 28.6 Å². The van der Waals surface area contributed by atoms with Gasteiger partial charge in [-0.1, -0.05) is 289 Å². The fourth-order valence-corrected chi connectivity index (χ4v) is 8.66. The zero-order valence-electron chi connectivity index (χ0n) is 50.6. The first-order valence-corrected chi connectivity index (χ1v) is 32.2. The Labute approximate surface area is 481 Å². The van der Waals surface area contributed by atoms with Crippen molar-refractivity contribution in [1.82, 2.24) is 0 Å². The van der Waals surface area contributed by atoms with E-state index < -0.39 is 6.10 Å². The highest BCUT2D eigenvalue weighted by Crippen LogP contribution is 2.16. The minimum absolute atomic E-state index is 0.115. The Morgan fingerprint density at radius 3 is 0.833 bits per heavy atom. The monoisotopic (exact) mass is 1080 g/mol. The van der Waals surface area contributed by atoms with Crippen LogP contribution >= 0.6 is 0 Å². The maximum Gasteiger partial charge on any atom is 0.306 e. The van der Waals surface area contributed by atoms with E-state index in [1.165, 1.54) is 122 Å². The van der Waals surface area contributed by atoms with E-state index in [9.17, 15) is 14.4 Å². The lowest BCUT2D eigenvalue weighted by atomic mass is 10.0. The molecule has 442 valence electrons. The molecule has 0 aliphatic heterocycles. The van der Waals surface area contributed by atoms with Crippen LogP contribution in [0.5, 0.6) is 0 Å². The van der Waals surface area contributed by atoms with Gasteiger partial charge in [-0.15, -0.1) is 0 Å². The minimum atomic E-state index is -0.829. The van der Waals surface area contributed by atoms with Gasteiger partial charge in [-0.2, -0.15) is 0 Å². The molecule has 1 atom stereocenters. The number of esters is 3. The molecule has 0 aromatic rings. The van der Waals surface area contributed by atoms with Crippen molar-refractivity contribution in [3.8, 4) is 0 Å². The summed E-state index contributed by atoms with van der Waals surface area (Å²) in [4.78, 5) is 38.3. The molecule has 0 amide bonds. The molecule has 0 heterocycles. The molecule has 0 rings (SSSR count). The van der Waals surface area contributed by atoms with E-state index in [0.29, 0.717) is 19.3 Å². The zero-order valence-corrected chi connectivity index (χ0v) is 50.6. The molecule has 0 aliphatic carbocycles. The van der Waals surface area contributed by atoms with Gasteiger partial charge in [-0.05, 0) is 109 Å². The molecule has 0 N–H and O–H groups in total. The van der Waals surface area contributed by atoms with E-state index in [1.807, 2.05) is 0 Å². The van der Waals surface area contributed by atoms with Crippen LogP contribution in [0.15, 0.2) is 134 Å². The van der Waals surface area contributed by atoms with Crippen molar-refractivity contribution in [1.29, 1.82) is 0 Å². The number of carbonyl (C=O) groups is 3. The standard InChI is InChI=1S/C72H118O6/c1-4-7-10-13-16-19-22-25-28-31-33-35-37-38-41-44-47-50-53-56-59-62-65-71(74)77-68-69(67-76-70(73)64-61-58-55-52-49-46-43-40-30-27-24-21-18-15-12-9-6-3)78-72(75)66-63-60-57-54-51-48-45-42-39-36-34-32-29-26-23-20-17-14-11-8-5-2/h8-9,11-12,17-18,20-21,26-27,29-30,34,36,42-43,45-46,51-52,54-55,69H,4-7,10,13-16,19,22-25,28,31-33,35,37-41,44,47-50,53,56-68H2,1-3H3/b11-8-,12-9-,20-17-,21-18-,29-26-,30-27-,36-34-,45-42-,46-43-,54-51-,55-52-. The van der Waals surface area contributed by atoms with Gasteiger partial charge in [0.25, 0.3) is 0 Å². The summed E-state index contributed by atoms with van der Waals surface area (Å²) in [6.07, 6.45) is 91.8. The molecule has 0 aromatic heterocycles. The lowest BCUT2D eigenvalue weighted by Crippen LogP contribution is -2.30. The molecule has 0 bridgehead atoms. The Balaban J connectivity index is 4.51. The number of allylic oxidation sites excluding steroid dienone is 22. The fraction of sp³-hybridized carbons (Fsp3) is 0.653. The Bertz CT molecular complexity index is 1670. The van der Waals surface area contributed by atoms with Crippen molar-refractivity contribution >= 4 is 17.9 Å². The molecule has 0 aromatic carbocycles. The highest BCUT2D eigenvalue weighted by molar-refractivity contribution is 5.71. The van der Waals surface area contributed by atoms with E-state index in [2.05, 4.69) is 154 Å². The lowest BCUT2D eigenvalue weighted by molar-refractivity contribution is -0.167. The van der Waals surface area contributed by atoms with Gasteiger partial charge in [0.2, 0.25) is 0 Å². The van der Waals surface area contributed by atoms with Gasteiger partial charge in [0.05, 0.1) is 0 Å². The minimum Gasteiger partial charge on any atom is -0.462 e. The smallest absolute Gasteiger partial charge is 0.306 e. The second kappa shape index (κ2) is 65.1. The Hall–Kier alpha value is -4.45. The molecular formula is C72H118O6. The maximum atomic E-state index is 12.9. The van der Waals surface area contributed by atoms with Crippen molar-refractivity contribution in [3.05, 3.63) is 134 Å². The average molecular weight is 1080 g/mol. The van der Waals surface area contributed by atoms with Crippen molar-refractivity contribution in [2.45, 2.75) is 290 Å². The quantitative estimate of drug-likeness (QED) is 0.0261. The number of hydrogen-bond acceptors (Lipinski definition) is 6. The molecular weight excluding hydrogens is 961 g/mol. The zero-order chi connectivity index (χ0) is 56.4. The molecule has 6 heteroatoms. The summed E-state index contributed by atoms with van der Waals surface area (Å²) >= 11 is 0. The Morgan fingerprint density at radius 1 is 0.269 bits per heavy atom. The van der Waals surface area contributed by atoms with E-state index in [-0.39, 0.29) is 44.0 Å². The van der Waals surface area contributed by atoms with Crippen LogP contribution < -0.4 is 0 Å². The number of ether oxygens (including phenoxy) is 3. The third kappa shape index (κ3) is 62.4. The Morgan fingerprint density at radius 2 is 0.513 bits per heavy atom. The molecule has 6 nitrogen and oxygen atoms in total. The van der Waals surface area contributed by atoms with Crippen molar-refractivity contribution in [2.75, 3.05) is 13.2 Å². The molecule has 0 spiro atoms. The van der Waals surface area contributed by atoms with Gasteiger partial charge in [0, 0.05) is 19.3 Å². The third-order valence-electron chi connectivity index (χ3n) is 13.4. The van der Waals surface area contributed by atoms with E-state index in [4.69, 9.17) is 14.2 Å². The summed E-state index contributed by atoms with van der Waals surface area (Å²) in [5.74, 6) is -1.02. The van der Waals surface area contributed by atoms with Gasteiger partial charge in [0.1, 0.15) is 13.2 Å². The van der Waals surface area contributed by atoms with E-state index in [1.54, 1.807) is 0 Å². The molecule has 0 saturated heterocycles. The van der Waals surface area contributed by atoms with Crippen LogP contribution in [0.25, 0.3) is 0 Å². The molecule has 0 aliphatic rings. The molecule has 0 fully saturated rings. The van der Waals surface area contributed by atoms with Crippen LogP contribution in [0.2, 0.25) is 0 Å². The van der Waals surface area contributed by atoms with Gasteiger partial charge < -0.3 is 14.2 Å². The summed E-state index contributed by atoms with van der Waals surface area (Å²) in [5.41, 5.74) is 0. The first kappa shape index (κ1) is 73.5. The third-order valence-corrected chi connectivity index (χ3v) is 13.4. The van der Waals surface area contributed by atoms with E-state index >= 15 is 0 Å². The average Bonchev–Trinajstić information content (AvgIpc) is 3.44. The molecule has 0 radical (unpaired) electrons. The summed E-state index contributed by atoms with van der Waals surface area (Å²) in [7, 11) is 0. The normalized spacial score (nSPS) is 13.0. The summed E-state index contributed by atoms with van der Waals surface area (Å²) in [5, 5.41) is 0. The van der Waals surface area contributed by atoms with Crippen LogP contribution in [-0.2, 0) is 28.6 Å². The maximum absolute atomic E-state index is 12.9. The van der Waals surface area contributed by atoms with Crippen molar-refractivity contribution in [2.24, 2.45) is 0 Å². The first-order chi connectivity index (χ1) is 38.5. The van der Waals surface area contributed by atoms with Crippen LogP contribution in [-0.4, -0.2) is 37.2 Å². The predicted octanol–water partition coefficient (Wildman–Crippen LogP) is 22.2. The first-order valence-electron chi connectivity index (χ1n) is 32.2. The molecule has 1 unspecified atom stereocenters. The lowest BCUT2D eigenvalue weighted by Gasteiger charge is -2.18. The number of rotatable bonds is 57. The molecule has 78 heavy (non-hydrogen) atoms. The van der Waals surface area contributed by atoms with Crippen LogP contribution in [0.3, 0.4) is 0 Å². The number of unbranched alkanes of at least 4 members (excludes halogenated alkanes) is 24. The van der Waals surface area contributed by atoms with Gasteiger partial charge >= 0.3 is 17.9 Å². The highest BCUT2D eigenvalue weighted by atomic mass is 16.6. The van der Waals surface area contributed by atoms with E-state index in [0.717, 1.165) is 109 Å².